The number of nitrogens with one attached hydrogen (secondary N) is 1. The lowest BCUT2D eigenvalue weighted by molar-refractivity contribution is -0.115. The number of nitrogens with zero attached hydrogens (tertiary/aromatic N) is 5. The van der Waals surface area contributed by atoms with Crippen molar-refractivity contribution in [1.82, 2.24) is 19.9 Å². The normalized spacial score (nSPS) is 16.2. The number of carbonyl (C=O) groups is 1. The zero-order chi connectivity index (χ0) is 17.1. The first kappa shape index (κ1) is 16.8. The zero-order valence-electron chi connectivity index (χ0n) is 13.9. The molecule has 0 radical (unpaired) electrons. The van der Waals surface area contributed by atoms with Crippen molar-refractivity contribution in [2.24, 2.45) is 7.05 Å². The molecule has 9 nitrogen and oxygen atoms in total. The van der Waals surface area contributed by atoms with Crippen LogP contribution in [-0.4, -0.2) is 57.4 Å². The lowest BCUT2D eigenvalue weighted by Crippen LogP contribution is -2.37. The van der Waals surface area contributed by atoms with E-state index >= 15 is 0 Å². The summed E-state index contributed by atoms with van der Waals surface area (Å²) in [6.45, 7) is 6.54. The van der Waals surface area contributed by atoms with Crippen molar-refractivity contribution in [3.63, 3.8) is 0 Å². The van der Waals surface area contributed by atoms with Gasteiger partial charge in [0.1, 0.15) is 5.76 Å². The number of hydrogen-bond acceptors (Lipinski definition) is 8. The maximum absolute atomic E-state index is 12.2. The summed E-state index contributed by atoms with van der Waals surface area (Å²) in [7, 11) is 1.90. The zero-order valence-corrected chi connectivity index (χ0v) is 14.7. The smallest absolute Gasteiger partial charge is 0.238 e. The molecule has 0 bridgehead atoms. The molecule has 1 amide bonds. The number of thioether (sulfide) groups is 1. The lowest BCUT2D eigenvalue weighted by Gasteiger charge is -2.27. The second-order valence-corrected chi connectivity index (χ2v) is 6.82. The van der Waals surface area contributed by atoms with Crippen molar-refractivity contribution < 1.29 is 14.1 Å². The standard InChI is InChI=1S/C14H20N6O3S/c1-9-8-11(18-23-9)15-12(21)10(2)24-14-17-16-13(19(14)3)20-4-6-22-7-5-20/h8,10H,4-7H2,1-3H3,(H,15,18,21). The van der Waals surface area contributed by atoms with E-state index in [0.29, 0.717) is 29.9 Å². The van der Waals surface area contributed by atoms with E-state index in [-0.39, 0.29) is 11.2 Å². The predicted molar refractivity (Wildman–Crippen MR) is 89.2 cm³/mol. The van der Waals surface area contributed by atoms with Gasteiger partial charge in [-0.2, -0.15) is 0 Å². The second kappa shape index (κ2) is 7.22. The van der Waals surface area contributed by atoms with Gasteiger partial charge in [0.15, 0.2) is 11.0 Å². The Kier molecular flexibility index (Phi) is 5.05. The van der Waals surface area contributed by atoms with Crippen LogP contribution in [0.4, 0.5) is 11.8 Å². The summed E-state index contributed by atoms with van der Waals surface area (Å²) in [4.78, 5) is 14.4. The maximum atomic E-state index is 12.2. The van der Waals surface area contributed by atoms with Gasteiger partial charge in [0.25, 0.3) is 0 Å². The summed E-state index contributed by atoms with van der Waals surface area (Å²) in [5, 5.41) is 15.3. The Labute approximate surface area is 143 Å². The fourth-order valence-corrected chi connectivity index (χ4v) is 3.12. The van der Waals surface area contributed by atoms with Gasteiger partial charge in [-0.3, -0.25) is 9.36 Å². The first-order valence-electron chi connectivity index (χ1n) is 7.67. The number of hydrogen-bond donors (Lipinski definition) is 1. The quantitative estimate of drug-likeness (QED) is 0.798. The molecule has 0 aliphatic carbocycles. The van der Waals surface area contributed by atoms with E-state index < -0.39 is 0 Å². The molecule has 2 aromatic heterocycles. The minimum atomic E-state index is -0.345. The van der Waals surface area contributed by atoms with Gasteiger partial charge in [0.2, 0.25) is 11.9 Å². The molecule has 130 valence electrons. The molecular weight excluding hydrogens is 332 g/mol. The highest BCUT2D eigenvalue weighted by Gasteiger charge is 2.22. The minimum Gasteiger partial charge on any atom is -0.378 e. The molecule has 1 atom stereocenters. The van der Waals surface area contributed by atoms with Crippen LogP contribution in [0.2, 0.25) is 0 Å². The average Bonchev–Trinajstić information content (AvgIpc) is 3.14. The minimum absolute atomic E-state index is 0.163. The first-order valence-corrected chi connectivity index (χ1v) is 8.55. The van der Waals surface area contributed by atoms with Crippen LogP contribution in [-0.2, 0) is 16.6 Å². The van der Waals surface area contributed by atoms with Crippen LogP contribution in [0, 0.1) is 6.92 Å². The third-order valence-corrected chi connectivity index (χ3v) is 4.77. The number of amides is 1. The van der Waals surface area contributed by atoms with Gasteiger partial charge in [0, 0.05) is 26.2 Å². The molecule has 3 rings (SSSR count). The topological polar surface area (TPSA) is 98.3 Å². The lowest BCUT2D eigenvalue weighted by atomic mass is 10.4. The van der Waals surface area contributed by atoms with Gasteiger partial charge in [-0.15, -0.1) is 10.2 Å². The summed E-state index contributed by atoms with van der Waals surface area (Å²) in [5.41, 5.74) is 0. The van der Waals surface area contributed by atoms with Crippen LogP contribution in [0.25, 0.3) is 0 Å². The summed E-state index contributed by atoms with van der Waals surface area (Å²) in [5.74, 6) is 1.69. The number of rotatable bonds is 5. The van der Waals surface area contributed by atoms with Gasteiger partial charge in [-0.1, -0.05) is 16.9 Å². The van der Waals surface area contributed by atoms with E-state index in [1.807, 2.05) is 18.5 Å². The van der Waals surface area contributed by atoms with Gasteiger partial charge in [0.05, 0.1) is 18.5 Å². The molecule has 24 heavy (non-hydrogen) atoms. The van der Waals surface area contributed by atoms with E-state index in [4.69, 9.17) is 9.26 Å². The van der Waals surface area contributed by atoms with Gasteiger partial charge in [-0.25, -0.2) is 0 Å². The second-order valence-electron chi connectivity index (χ2n) is 5.51. The van der Waals surface area contributed by atoms with Crippen molar-refractivity contribution >= 4 is 29.4 Å². The molecule has 1 aliphatic heterocycles. The predicted octanol–water partition coefficient (Wildman–Crippen LogP) is 1.07. The van der Waals surface area contributed by atoms with Gasteiger partial charge in [-0.05, 0) is 13.8 Å². The molecule has 0 saturated carbocycles. The van der Waals surface area contributed by atoms with E-state index in [1.165, 1.54) is 11.8 Å². The van der Waals surface area contributed by atoms with Crippen LogP contribution in [0.5, 0.6) is 0 Å². The van der Waals surface area contributed by atoms with E-state index in [2.05, 4.69) is 25.6 Å². The van der Waals surface area contributed by atoms with Crippen LogP contribution < -0.4 is 10.2 Å². The Morgan fingerprint density at radius 1 is 1.38 bits per heavy atom. The average molecular weight is 352 g/mol. The first-order chi connectivity index (χ1) is 11.5. The maximum Gasteiger partial charge on any atom is 0.238 e. The SMILES string of the molecule is Cc1cc(NC(=O)C(C)Sc2nnc(N3CCOCC3)n2C)no1. The summed E-state index contributed by atoms with van der Waals surface area (Å²) < 4.78 is 12.2. The highest BCUT2D eigenvalue weighted by molar-refractivity contribution is 8.00. The monoisotopic (exact) mass is 352 g/mol. The third-order valence-electron chi connectivity index (χ3n) is 3.64. The van der Waals surface area contributed by atoms with Crippen molar-refractivity contribution in [3.8, 4) is 0 Å². The Hall–Kier alpha value is -2.07. The highest BCUT2D eigenvalue weighted by atomic mass is 32.2. The fourth-order valence-electron chi connectivity index (χ4n) is 2.31. The van der Waals surface area contributed by atoms with Gasteiger partial charge < -0.3 is 19.5 Å². The number of carbonyl (C=O) groups excluding carboxylic acids is 1. The number of aryl methyl sites for hydroxylation is 1. The number of anilines is 2. The summed E-state index contributed by atoms with van der Waals surface area (Å²) >= 11 is 1.35. The number of morpholine rings is 1. The summed E-state index contributed by atoms with van der Waals surface area (Å²) in [6, 6.07) is 1.67. The summed E-state index contributed by atoms with van der Waals surface area (Å²) in [6.07, 6.45) is 0. The third kappa shape index (κ3) is 3.70. The molecule has 1 saturated heterocycles. The van der Waals surface area contributed by atoms with Crippen molar-refractivity contribution in [3.05, 3.63) is 11.8 Å². The molecule has 3 heterocycles. The molecule has 0 spiro atoms. The van der Waals surface area contributed by atoms with Crippen LogP contribution in [0.3, 0.4) is 0 Å². The fraction of sp³-hybridized carbons (Fsp3) is 0.571. The molecule has 10 heteroatoms. The van der Waals surface area contributed by atoms with E-state index in [0.717, 1.165) is 19.0 Å². The van der Waals surface area contributed by atoms with Crippen molar-refractivity contribution in [2.45, 2.75) is 24.3 Å². The molecule has 0 aromatic carbocycles. The molecule has 1 N–H and O–H groups in total. The van der Waals surface area contributed by atoms with Gasteiger partial charge >= 0.3 is 0 Å². The highest BCUT2D eigenvalue weighted by Crippen LogP contribution is 2.25. The number of aromatic nitrogens is 4. The Bertz CT molecular complexity index is 709. The largest absolute Gasteiger partial charge is 0.378 e. The Balaban J connectivity index is 1.62. The Morgan fingerprint density at radius 3 is 2.79 bits per heavy atom. The van der Waals surface area contributed by atoms with E-state index in [1.54, 1.807) is 13.0 Å². The molecule has 2 aromatic rings. The molecule has 1 fully saturated rings. The number of ether oxygens (including phenoxy) is 1. The Morgan fingerprint density at radius 2 is 2.12 bits per heavy atom. The van der Waals surface area contributed by atoms with Crippen LogP contribution in [0.15, 0.2) is 15.7 Å². The van der Waals surface area contributed by atoms with E-state index in [9.17, 15) is 4.79 Å². The molecule has 1 unspecified atom stereocenters. The van der Waals surface area contributed by atoms with Crippen LogP contribution in [0.1, 0.15) is 12.7 Å². The molecule has 1 aliphatic rings. The van der Waals surface area contributed by atoms with Crippen LogP contribution >= 0.6 is 11.8 Å². The van der Waals surface area contributed by atoms with Crippen molar-refractivity contribution in [1.29, 1.82) is 0 Å². The molecular formula is C14H20N6O3S. The van der Waals surface area contributed by atoms with Crippen molar-refractivity contribution in [2.75, 3.05) is 36.5 Å².